The van der Waals surface area contributed by atoms with E-state index in [0.717, 1.165) is 6.42 Å². The molecule has 112 valence electrons. The Balaban J connectivity index is 2.03. The molecule has 1 amide bonds. The highest BCUT2D eigenvalue weighted by atomic mass is 32.2. The highest BCUT2D eigenvalue weighted by molar-refractivity contribution is 7.99. The van der Waals surface area contributed by atoms with Crippen molar-refractivity contribution in [2.45, 2.75) is 50.4 Å². The number of nitrogens with one attached hydrogen (secondary N) is 2. The van der Waals surface area contributed by atoms with Crippen molar-refractivity contribution in [2.24, 2.45) is 0 Å². The first-order chi connectivity index (χ1) is 9.51. The molecule has 7 heteroatoms. The molecular weight excluding hydrogens is 292 g/mol. The number of thiazole rings is 1. The molecule has 2 atom stereocenters. The van der Waals surface area contributed by atoms with E-state index >= 15 is 0 Å². The van der Waals surface area contributed by atoms with Gasteiger partial charge in [-0.3, -0.25) is 4.79 Å². The molecule has 5 nitrogen and oxygen atoms in total. The molecule has 2 rings (SSSR count). The highest BCUT2D eigenvalue weighted by Gasteiger charge is 2.29. The second-order valence-electron chi connectivity index (χ2n) is 5.32. The number of nitrogen functional groups attached to an aromatic ring is 1. The Morgan fingerprint density at radius 1 is 1.50 bits per heavy atom. The van der Waals surface area contributed by atoms with Gasteiger partial charge in [-0.2, -0.15) is 11.8 Å². The molecule has 1 aromatic rings. The number of nitrogens with two attached hydrogens (primary N) is 1. The van der Waals surface area contributed by atoms with Crippen molar-refractivity contribution in [2.75, 3.05) is 17.3 Å². The van der Waals surface area contributed by atoms with Crippen LogP contribution < -0.4 is 16.4 Å². The summed E-state index contributed by atoms with van der Waals surface area (Å²) in [5.74, 6) is 0.220. The number of thioether (sulfide) groups is 1. The summed E-state index contributed by atoms with van der Waals surface area (Å²) in [7, 11) is 0. The minimum atomic E-state index is -0.0947. The first kappa shape index (κ1) is 15.4. The number of hydrogen-bond acceptors (Lipinski definition) is 6. The molecule has 20 heavy (non-hydrogen) atoms. The quantitative estimate of drug-likeness (QED) is 0.778. The van der Waals surface area contributed by atoms with Crippen LogP contribution in [0.15, 0.2) is 0 Å². The van der Waals surface area contributed by atoms with E-state index in [0.29, 0.717) is 21.1 Å². The average molecular weight is 314 g/mol. The number of aromatic nitrogens is 1. The lowest BCUT2D eigenvalue weighted by Crippen LogP contribution is -2.38. The van der Waals surface area contributed by atoms with Crippen molar-refractivity contribution in [3.8, 4) is 0 Å². The van der Waals surface area contributed by atoms with Gasteiger partial charge in [0.1, 0.15) is 10.7 Å². The van der Waals surface area contributed by atoms with Crippen molar-refractivity contribution in [1.29, 1.82) is 0 Å². The van der Waals surface area contributed by atoms with E-state index in [1.54, 1.807) is 0 Å². The molecule has 2 unspecified atom stereocenters. The Hall–Kier alpha value is -0.950. The molecule has 1 heterocycles. The van der Waals surface area contributed by atoms with Gasteiger partial charge < -0.3 is 16.4 Å². The number of carbonyl (C=O) groups is 1. The van der Waals surface area contributed by atoms with Gasteiger partial charge in [-0.1, -0.05) is 17.8 Å². The smallest absolute Gasteiger partial charge is 0.265 e. The van der Waals surface area contributed by atoms with E-state index in [-0.39, 0.29) is 18.0 Å². The SMILES string of the molecule is CSC1CCCC1NC(=O)c1sc(NC(C)C)nc1N. The summed E-state index contributed by atoms with van der Waals surface area (Å²) >= 11 is 3.15. The predicted molar refractivity (Wildman–Crippen MR) is 87.7 cm³/mol. The third kappa shape index (κ3) is 3.58. The van der Waals surface area contributed by atoms with Crippen LogP contribution in [0.3, 0.4) is 0 Å². The minimum Gasteiger partial charge on any atom is -0.382 e. The van der Waals surface area contributed by atoms with Crippen LogP contribution in [-0.4, -0.2) is 34.5 Å². The fourth-order valence-corrected chi connectivity index (χ4v) is 4.28. The zero-order valence-corrected chi connectivity index (χ0v) is 13.7. The van der Waals surface area contributed by atoms with Gasteiger partial charge in [0.15, 0.2) is 5.13 Å². The van der Waals surface area contributed by atoms with E-state index in [1.807, 2.05) is 25.6 Å². The van der Waals surface area contributed by atoms with Crippen molar-refractivity contribution in [3.05, 3.63) is 4.88 Å². The van der Waals surface area contributed by atoms with Crippen LogP contribution >= 0.6 is 23.1 Å². The number of hydrogen-bond donors (Lipinski definition) is 3. The van der Waals surface area contributed by atoms with Crippen LogP contribution in [0.1, 0.15) is 42.8 Å². The van der Waals surface area contributed by atoms with Crippen molar-refractivity contribution in [3.63, 3.8) is 0 Å². The van der Waals surface area contributed by atoms with E-state index < -0.39 is 0 Å². The van der Waals surface area contributed by atoms with Crippen LogP contribution in [0.25, 0.3) is 0 Å². The normalized spacial score (nSPS) is 22.2. The molecule has 1 fully saturated rings. The summed E-state index contributed by atoms with van der Waals surface area (Å²) in [5.41, 5.74) is 5.85. The van der Waals surface area contributed by atoms with Crippen molar-refractivity contribution >= 4 is 40.0 Å². The molecule has 0 spiro atoms. The second kappa shape index (κ2) is 6.67. The lowest BCUT2D eigenvalue weighted by molar-refractivity contribution is 0.0943. The summed E-state index contributed by atoms with van der Waals surface area (Å²) < 4.78 is 0. The monoisotopic (exact) mass is 314 g/mol. The Morgan fingerprint density at radius 3 is 2.90 bits per heavy atom. The summed E-state index contributed by atoms with van der Waals surface area (Å²) in [5, 5.41) is 7.50. The van der Waals surface area contributed by atoms with E-state index in [1.165, 1.54) is 24.2 Å². The van der Waals surface area contributed by atoms with Crippen LogP contribution in [0.4, 0.5) is 10.9 Å². The first-order valence-corrected chi connectivity index (χ1v) is 8.98. The molecule has 1 aliphatic rings. The Labute approximate surface area is 128 Å². The van der Waals surface area contributed by atoms with Gasteiger partial charge in [0.2, 0.25) is 0 Å². The third-order valence-corrected chi connectivity index (χ3v) is 5.51. The lowest BCUT2D eigenvalue weighted by Gasteiger charge is -2.18. The van der Waals surface area contributed by atoms with E-state index in [9.17, 15) is 4.79 Å². The summed E-state index contributed by atoms with van der Waals surface area (Å²) in [4.78, 5) is 17.0. The first-order valence-electron chi connectivity index (χ1n) is 6.87. The summed E-state index contributed by atoms with van der Waals surface area (Å²) in [6.07, 6.45) is 5.49. The van der Waals surface area contributed by atoms with Crippen LogP contribution in [-0.2, 0) is 0 Å². The molecule has 0 aliphatic heterocycles. The maximum Gasteiger partial charge on any atom is 0.265 e. The maximum absolute atomic E-state index is 12.3. The van der Waals surface area contributed by atoms with E-state index in [4.69, 9.17) is 5.73 Å². The third-order valence-electron chi connectivity index (χ3n) is 3.34. The van der Waals surface area contributed by atoms with Crippen molar-refractivity contribution < 1.29 is 4.79 Å². The predicted octanol–water partition coefficient (Wildman–Crippen LogP) is 2.56. The summed E-state index contributed by atoms with van der Waals surface area (Å²) in [6.45, 7) is 4.05. The number of amides is 1. The average Bonchev–Trinajstić information content (AvgIpc) is 2.95. The topological polar surface area (TPSA) is 80.0 Å². The van der Waals surface area contributed by atoms with Gasteiger partial charge in [0.25, 0.3) is 5.91 Å². The standard InChI is InChI=1S/C13H22N4OS2/c1-7(2)15-13-17-11(14)10(20-13)12(18)16-8-5-4-6-9(8)19-3/h7-9H,4-6,14H2,1-3H3,(H,15,17)(H,16,18). The van der Waals surface area contributed by atoms with Crippen molar-refractivity contribution in [1.82, 2.24) is 10.3 Å². The lowest BCUT2D eigenvalue weighted by atomic mass is 10.2. The Kier molecular flexibility index (Phi) is 5.15. The van der Waals surface area contributed by atoms with Gasteiger partial charge in [-0.15, -0.1) is 0 Å². The molecule has 0 aromatic carbocycles. The molecule has 0 saturated heterocycles. The van der Waals surface area contributed by atoms with Crippen LogP contribution in [0.2, 0.25) is 0 Å². The van der Waals surface area contributed by atoms with Gasteiger partial charge in [-0.05, 0) is 32.9 Å². The van der Waals surface area contributed by atoms with Crippen LogP contribution in [0, 0.1) is 0 Å². The molecular formula is C13H22N4OS2. The molecule has 1 aromatic heterocycles. The number of rotatable bonds is 5. The molecule has 1 saturated carbocycles. The summed E-state index contributed by atoms with van der Waals surface area (Å²) in [6, 6.07) is 0.521. The van der Waals surface area contributed by atoms with Gasteiger partial charge in [-0.25, -0.2) is 4.98 Å². The van der Waals surface area contributed by atoms with Gasteiger partial charge >= 0.3 is 0 Å². The van der Waals surface area contributed by atoms with Gasteiger partial charge in [0, 0.05) is 17.3 Å². The Morgan fingerprint density at radius 2 is 2.25 bits per heavy atom. The minimum absolute atomic E-state index is 0.0947. The zero-order chi connectivity index (χ0) is 14.7. The fourth-order valence-electron chi connectivity index (χ4n) is 2.41. The maximum atomic E-state index is 12.3. The largest absolute Gasteiger partial charge is 0.382 e. The Bertz CT molecular complexity index is 475. The number of carbonyl (C=O) groups excluding carboxylic acids is 1. The highest BCUT2D eigenvalue weighted by Crippen LogP contribution is 2.30. The molecule has 1 aliphatic carbocycles. The zero-order valence-electron chi connectivity index (χ0n) is 12.1. The molecule has 0 radical (unpaired) electrons. The second-order valence-corrected chi connectivity index (χ2v) is 7.39. The fraction of sp³-hybridized carbons (Fsp3) is 0.692. The number of nitrogens with zero attached hydrogens (tertiary/aromatic N) is 1. The van der Waals surface area contributed by atoms with Crippen LogP contribution in [0.5, 0.6) is 0 Å². The molecule has 4 N–H and O–H groups in total. The van der Waals surface area contributed by atoms with E-state index in [2.05, 4.69) is 21.9 Å². The van der Waals surface area contributed by atoms with Gasteiger partial charge in [0.05, 0.1) is 0 Å². The molecule has 0 bridgehead atoms. The number of anilines is 2.